The van der Waals surface area contributed by atoms with Crippen LogP contribution in [-0.2, 0) is 26.2 Å². The van der Waals surface area contributed by atoms with E-state index in [1.165, 1.54) is 31.3 Å². The van der Waals surface area contributed by atoms with E-state index >= 15 is 0 Å². The first kappa shape index (κ1) is 29.5. The van der Waals surface area contributed by atoms with Crippen LogP contribution in [-0.4, -0.2) is 64.7 Å². The van der Waals surface area contributed by atoms with Crippen molar-refractivity contribution in [3.8, 4) is 11.5 Å². The predicted molar refractivity (Wildman–Crippen MR) is 142 cm³/mol. The largest absolute Gasteiger partial charge is 0.493 e. The highest BCUT2D eigenvalue weighted by Gasteiger charge is 2.32. The number of carbonyl (C=O) groups is 2. The summed E-state index contributed by atoms with van der Waals surface area (Å²) in [6.45, 7) is 3.25. The lowest BCUT2D eigenvalue weighted by Gasteiger charge is -2.33. The van der Waals surface area contributed by atoms with Crippen molar-refractivity contribution in [2.75, 3.05) is 37.9 Å². The minimum atomic E-state index is -3.91. The highest BCUT2D eigenvalue weighted by molar-refractivity contribution is 7.92. The molecule has 0 aromatic heterocycles. The van der Waals surface area contributed by atoms with Crippen LogP contribution in [0.4, 0.5) is 5.69 Å². The van der Waals surface area contributed by atoms with Crippen LogP contribution in [0.5, 0.6) is 11.5 Å². The average Bonchev–Trinajstić information content (AvgIpc) is 2.83. The number of hydrogen-bond acceptors (Lipinski definition) is 6. The van der Waals surface area contributed by atoms with Gasteiger partial charge in [0.2, 0.25) is 21.8 Å². The van der Waals surface area contributed by atoms with Crippen molar-refractivity contribution in [1.29, 1.82) is 0 Å². The van der Waals surface area contributed by atoms with Gasteiger partial charge in [-0.15, -0.1) is 0 Å². The minimum absolute atomic E-state index is 0.0868. The number of rotatable bonds is 12. The molecule has 0 aliphatic heterocycles. The molecule has 36 heavy (non-hydrogen) atoms. The van der Waals surface area contributed by atoms with Gasteiger partial charge in [-0.25, -0.2) is 8.42 Å². The topological polar surface area (TPSA) is 105 Å². The Kier molecular flexibility index (Phi) is 10.7. The summed E-state index contributed by atoms with van der Waals surface area (Å²) in [5.41, 5.74) is 0.652. The van der Waals surface area contributed by atoms with E-state index in [-0.39, 0.29) is 24.6 Å². The average molecular weight is 561 g/mol. The fourth-order valence-electron chi connectivity index (χ4n) is 3.66. The number of amides is 2. The van der Waals surface area contributed by atoms with Gasteiger partial charge >= 0.3 is 0 Å². The molecule has 0 spiro atoms. The molecule has 1 atom stereocenters. The maximum atomic E-state index is 13.7. The monoisotopic (exact) mass is 559 g/mol. The molecular formula is C24H31Cl2N3O6S. The van der Waals surface area contributed by atoms with E-state index in [2.05, 4.69) is 5.32 Å². The maximum Gasteiger partial charge on any atom is 0.244 e. The van der Waals surface area contributed by atoms with E-state index in [0.717, 1.165) is 10.6 Å². The van der Waals surface area contributed by atoms with Crippen LogP contribution < -0.4 is 19.1 Å². The first-order valence-corrected chi connectivity index (χ1v) is 13.8. The Bertz CT molecular complexity index is 1170. The first-order chi connectivity index (χ1) is 17.0. The summed E-state index contributed by atoms with van der Waals surface area (Å²) in [6, 6.07) is 8.56. The summed E-state index contributed by atoms with van der Waals surface area (Å²) >= 11 is 12.7. The van der Waals surface area contributed by atoms with Crippen LogP contribution >= 0.6 is 23.2 Å². The number of nitrogens with zero attached hydrogens (tertiary/aromatic N) is 2. The molecule has 0 bridgehead atoms. The lowest BCUT2D eigenvalue weighted by atomic mass is 10.1. The second-order valence-electron chi connectivity index (χ2n) is 7.85. The number of carbonyl (C=O) groups excluding carboxylic acids is 2. The fourth-order valence-corrected chi connectivity index (χ4v) is 5.02. The molecule has 2 aromatic rings. The maximum absolute atomic E-state index is 13.7. The molecule has 198 valence electrons. The molecule has 2 rings (SSSR count). The molecule has 0 saturated heterocycles. The Hall–Kier alpha value is -2.69. The van der Waals surface area contributed by atoms with E-state index in [0.29, 0.717) is 33.7 Å². The van der Waals surface area contributed by atoms with E-state index < -0.39 is 28.5 Å². The van der Waals surface area contributed by atoms with Gasteiger partial charge in [0.1, 0.15) is 12.6 Å². The minimum Gasteiger partial charge on any atom is -0.493 e. The molecular weight excluding hydrogens is 529 g/mol. The molecule has 0 fully saturated rings. The van der Waals surface area contributed by atoms with Crippen molar-refractivity contribution in [1.82, 2.24) is 10.2 Å². The number of nitrogens with one attached hydrogen (secondary N) is 1. The van der Waals surface area contributed by atoms with Gasteiger partial charge in [-0.1, -0.05) is 36.2 Å². The lowest BCUT2D eigenvalue weighted by molar-refractivity contribution is -0.140. The quantitative estimate of drug-likeness (QED) is 0.425. The third-order valence-electron chi connectivity index (χ3n) is 5.46. The Morgan fingerprint density at radius 2 is 1.64 bits per heavy atom. The molecule has 2 amide bonds. The lowest BCUT2D eigenvalue weighted by Crippen LogP contribution is -2.52. The number of benzene rings is 2. The van der Waals surface area contributed by atoms with Gasteiger partial charge in [-0.2, -0.15) is 0 Å². The second-order valence-corrected chi connectivity index (χ2v) is 10.6. The highest BCUT2D eigenvalue weighted by Crippen LogP contribution is 2.33. The SMILES string of the molecule is CCNC(=O)C(CC)N(Cc1c(Cl)cccc1Cl)C(=O)CN(c1ccc(OC)c(OC)c1)S(C)(=O)=O. The van der Waals surface area contributed by atoms with Crippen LogP contribution in [0.1, 0.15) is 25.8 Å². The zero-order valence-electron chi connectivity index (χ0n) is 20.9. The smallest absolute Gasteiger partial charge is 0.244 e. The Labute approximate surface area is 222 Å². The molecule has 1 N–H and O–H groups in total. The zero-order chi connectivity index (χ0) is 27.0. The Morgan fingerprint density at radius 1 is 1.03 bits per heavy atom. The number of sulfonamides is 1. The number of likely N-dealkylation sites (N-methyl/N-ethyl adjacent to an activating group) is 1. The third kappa shape index (κ3) is 7.18. The summed E-state index contributed by atoms with van der Waals surface area (Å²) in [6.07, 6.45) is 1.28. The highest BCUT2D eigenvalue weighted by atomic mass is 35.5. The summed E-state index contributed by atoms with van der Waals surface area (Å²) < 4.78 is 37.0. The molecule has 0 aliphatic carbocycles. The van der Waals surface area contributed by atoms with Crippen LogP contribution in [0.3, 0.4) is 0 Å². The fraction of sp³-hybridized carbons (Fsp3) is 0.417. The normalized spacial score (nSPS) is 12.0. The first-order valence-electron chi connectivity index (χ1n) is 11.2. The van der Waals surface area contributed by atoms with Gasteiger partial charge in [0.15, 0.2) is 11.5 Å². The number of halogens is 2. The van der Waals surface area contributed by atoms with Crippen molar-refractivity contribution >= 4 is 50.7 Å². The van der Waals surface area contributed by atoms with Crippen molar-refractivity contribution in [2.24, 2.45) is 0 Å². The van der Waals surface area contributed by atoms with Gasteiger partial charge in [-0.05, 0) is 37.6 Å². The Balaban J connectivity index is 2.53. The van der Waals surface area contributed by atoms with Crippen LogP contribution in [0, 0.1) is 0 Å². The van der Waals surface area contributed by atoms with E-state index in [1.54, 1.807) is 38.1 Å². The van der Waals surface area contributed by atoms with Crippen LogP contribution in [0.2, 0.25) is 10.0 Å². The molecule has 2 aromatic carbocycles. The molecule has 9 nitrogen and oxygen atoms in total. The van der Waals surface area contributed by atoms with Gasteiger partial charge in [0.05, 0.1) is 26.2 Å². The Morgan fingerprint density at radius 3 is 2.14 bits per heavy atom. The van der Waals surface area contributed by atoms with Gasteiger partial charge in [0, 0.05) is 34.8 Å². The third-order valence-corrected chi connectivity index (χ3v) is 7.31. The predicted octanol–water partition coefficient (Wildman–Crippen LogP) is 3.72. The van der Waals surface area contributed by atoms with Crippen molar-refractivity contribution < 1.29 is 27.5 Å². The summed E-state index contributed by atoms with van der Waals surface area (Å²) in [4.78, 5) is 27.8. The van der Waals surface area contributed by atoms with Crippen molar-refractivity contribution in [3.63, 3.8) is 0 Å². The van der Waals surface area contributed by atoms with Gasteiger partial charge < -0.3 is 19.7 Å². The summed E-state index contributed by atoms with van der Waals surface area (Å²) in [7, 11) is -1.03. The summed E-state index contributed by atoms with van der Waals surface area (Å²) in [5, 5.41) is 3.38. The molecule has 0 aliphatic rings. The van der Waals surface area contributed by atoms with E-state index in [4.69, 9.17) is 32.7 Å². The number of hydrogen-bond donors (Lipinski definition) is 1. The second kappa shape index (κ2) is 13.0. The number of anilines is 1. The number of methoxy groups -OCH3 is 2. The zero-order valence-corrected chi connectivity index (χ0v) is 23.2. The number of ether oxygens (including phenoxy) is 2. The van der Waals surface area contributed by atoms with E-state index in [1.807, 2.05) is 0 Å². The van der Waals surface area contributed by atoms with Gasteiger partial charge in [0.25, 0.3) is 0 Å². The molecule has 12 heteroatoms. The van der Waals surface area contributed by atoms with Crippen molar-refractivity contribution in [2.45, 2.75) is 32.9 Å². The van der Waals surface area contributed by atoms with Gasteiger partial charge in [-0.3, -0.25) is 13.9 Å². The molecule has 1 unspecified atom stereocenters. The van der Waals surface area contributed by atoms with Crippen molar-refractivity contribution in [3.05, 3.63) is 52.0 Å². The van der Waals surface area contributed by atoms with Crippen LogP contribution in [0.15, 0.2) is 36.4 Å². The molecule has 0 saturated carbocycles. The van der Waals surface area contributed by atoms with Crippen LogP contribution in [0.25, 0.3) is 0 Å². The standard InChI is InChI=1S/C24H31Cl2N3O6S/c1-6-20(24(31)27-7-2)28(14-17-18(25)9-8-10-19(17)26)23(30)15-29(36(5,32)33)16-11-12-21(34-3)22(13-16)35-4/h8-13,20H,6-7,14-15H2,1-5H3,(H,27,31). The molecule has 0 heterocycles. The molecule has 0 radical (unpaired) electrons. The summed E-state index contributed by atoms with van der Waals surface area (Å²) in [5.74, 6) is -0.277. The van der Waals surface area contributed by atoms with E-state index in [9.17, 15) is 18.0 Å².